The number of aromatic nitrogens is 3. The molecule has 2 aromatic heterocycles. The number of oxazole rings is 1. The molecule has 0 aliphatic rings. The summed E-state index contributed by atoms with van der Waals surface area (Å²) in [5, 5.41) is 0. The molecular weight excluding hydrogens is 240 g/mol. The molecule has 0 fully saturated rings. The first kappa shape index (κ1) is 11.8. The van der Waals surface area contributed by atoms with Crippen molar-refractivity contribution in [1.29, 1.82) is 0 Å². The van der Waals surface area contributed by atoms with Crippen molar-refractivity contribution < 1.29 is 4.42 Å². The zero-order chi connectivity index (χ0) is 13.6. The highest BCUT2D eigenvalue weighted by molar-refractivity contribution is 5.79. The second kappa shape index (κ2) is 4.12. The first-order chi connectivity index (χ1) is 9.04. The van der Waals surface area contributed by atoms with Gasteiger partial charge in [-0.15, -0.1) is 0 Å². The van der Waals surface area contributed by atoms with Gasteiger partial charge in [0.25, 0.3) is 0 Å². The Balaban J connectivity index is 2.07. The van der Waals surface area contributed by atoms with E-state index in [4.69, 9.17) is 10.2 Å². The minimum absolute atomic E-state index is 0.481. The average molecular weight is 256 g/mol. The van der Waals surface area contributed by atoms with Gasteiger partial charge in [0.2, 0.25) is 11.8 Å². The van der Waals surface area contributed by atoms with Crippen LogP contribution in [0.4, 0.5) is 5.95 Å². The summed E-state index contributed by atoms with van der Waals surface area (Å²) in [5.74, 6) is 1.98. The van der Waals surface area contributed by atoms with Gasteiger partial charge in [0.1, 0.15) is 12.3 Å². The fourth-order valence-corrected chi connectivity index (χ4v) is 2.17. The Morgan fingerprint density at radius 1 is 1.21 bits per heavy atom. The highest BCUT2D eigenvalue weighted by atomic mass is 16.4. The lowest BCUT2D eigenvalue weighted by Gasteiger charge is -2.03. The molecule has 0 saturated heterocycles. The third kappa shape index (κ3) is 1.97. The molecule has 0 saturated carbocycles. The average Bonchev–Trinajstić information content (AvgIpc) is 2.81. The van der Waals surface area contributed by atoms with Crippen molar-refractivity contribution in [2.24, 2.45) is 0 Å². The third-order valence-electron chi connectivity index (χ3n) is 3.30. The van der Waals surface area contributed by atoms with Gasteiger partial charge in [0.05, 0.1) is 16.7 Å². The van der Waals surface area contributed by atoms with Gasteiger partial charge in [-0.3, -0.25) is 0 Å². The molecule has 98 valence electrons. The molecule has 3 rings (SSSR count). The molecule has 0 bridgehead atoms. The fourth-order valence-electron chi connectivity index (χ4n) is 2.17. The number of imidazole rings is 1. The lowest BCUT2D eigenvalue weighted by atomic mass is 10.2. The zero-order valence-electron chi connectivity index (χ0n) is 11.3. The maximum atomic E-state index is 5.98. The maximum Gasteiger partial charge on any atom is 0.214 e. The molecule has 0 unspecified atom stereocenters. The van der Waals surface area contributed by atoms with Crippen molar-refractivity contribution in [3.8, 4) is 0 Å². The molecule has 0 aliphatic carbocycles. The molecular formula is C14H16N4O. The monoisotopic (exact) mass is 256 g/mol. The van der Waals surface area contributed by atoms with Crippen LogP contribution in [-0.4, -0.2) is 14.5 Å². The molecule has 3 aromatic rings. The summed E-state index contributed by atoms with van der Waals surface area (Å²) < 4.78 is 7.52. The number of rotatable bonds is 2. The van der Waals surface area contributed by atoms with E-state index in [1.165, 1.54) is 5.56 Å². The van der Waals surface area contributed by atoms with E-state index in [1.807, 2.05) is 43.5 Å². The number of aryl methyl sites for hydroxylation is 3. The number of nitrogens with zero attached hydrogens (tertiary/aromatic N) is 3. The van der Waals surface area contributed by atoms with Crippen molar-refractivity contribution >= 4 is 17.0 Å². The molecule has 0 radical (unpaired) electrons. The van der Waals surface area contributed by atoms with Gasteiger partial charge < -0.3 is 14.7 Å². The highest BCUT2D eigenvalue weighted by Gasteiger charge is 2.12. The zero-order valence-corrected chi connectivity index (χ0v) is 11.3. The molecule has 2 heterocycles. The van der Waals surface area contributed by atoms with E-state index in [1.54, 1.807) is 0 Å². The number of nitrogens with two attached hydrogens (primary N) is 1. The lowest BCUT2D eigenvalue weighted by Crippen LogP contribution is -2.04. The lowest BCUT2D eigenvalue weighted by molar-refractivity contribution is 0.460. The van der Waals surface area contributed by atoms with Crippen molar-refractivity contribution in [1.82, 2.24) is 14.5 Å². The molecule has 5 nitrogen and oxygen atoms in total. The Hall–Kier alpha value is -2.30. The first-order valence-corrected chi connectivity index (χ1v) is 6.20. The summed E-state index contributed by atoms with van der Waals surface area (Å²) in [7, 11) is 0. The molecule has 0 amide bonds. The van der Waals surface area contributed by atoms with Crippen LogP contribution in [0.25, 0.3) is 11.0 Å². The Morgan fingerprint density at radius 3 is 2.68 bits per heavy atom. The van der Waals surface area contributed by atoms with Crippen molar-refractivity contribution in [3.63, 3.8) is 0 Å². The molecule has 19 heavy (non-hydrogen) atoms. The van der Waals surface area contributed by atoms with Crippen LogP contribution in [0.5, 0.6) is 0 Å². The van der Waals surface area contributed by atoms with Gasteiger partial charge in [-0.05, 0) is 38.5 Å². The SMILES string of the molecule is Cc1ccc2c(c1)nc(N)n2Cc1nc(C)c(C)o1. The van der Waals surface area contributed by atoms with Crippen LogP contribution in [0.2, 0.25) is 0 Å². The van der Waals surface area contributed by atoms with Gasteiger partial charge in [-0.1, -0.05) is 6.07 Å². The minimum atomic E-state index is 0.481. The topological polar surface area (TPSA) is 69.9 Å². The Kier molecular flexibility index (Phi) is 2.55. The summed E-state index contributed by atoms with van der Waals surface area (Å²) in [4.78, 5) is 8.75. The van der Waals surface area contributed by atoms with E-state index in [-0.39, 0.29) is 0 Å². The number of hydrogen-bond donors (Lipinski definition) is 1. The van der Waals surface area contributed by atoms with E-state index in [0.29, 0.717) is 18.4 Å². The predicted molar refractivity (Wildman–Crippen MR) is 74.0 cm³/mol. The van der Waals surface area contributed by atoms with Crippen LogP contribution in [0.15, 0.2) is 22.6 Å². The van der Waals surface area contributed by atoms with E-state index in [2.05, 4.69) is 9.97 Å². The summed E-state index contributed by atoms with van der Waals surface area (Å²) in [6.07, 6.45) is 0. The van der Waals surface area contributed by atoms with Gasteiger partial charge in [0, 0.05) is 0 Å². The summed E-state index contributed by atoms with van der Waals surface area (Å²) in [6, 6.07) is 6.09. The Labute approximate surface area is 111 Å². The molecule has 0 aliphatic heterocycles. The number of nitrogen functional groups attached to an aromatic ring is 1. The second-order valence-electron chi connectivity index (χ2n) is 4.80. The molecule has 2 N–H and O–H groups in total. The van der Waals surface area contributed by atoms with Crippen molar-refractivity contribution in [2.45, 2.75) is 27.3 Å². The van der Waals surface area contributed by atoms with Crippen molar-refractivity contribution in [3.05, 3.63) is 41.1 Å². The quantitative estimate of drug-likeness (QED) is 0.765. The number of benzene rings is 1. The standard InChI is InChI=1S/C14H16N4O/c1-8-4-5-12-11(6-8)17-14(15)18(12)7-13-16-9(2)10(3)19-13/h4-6H,7H2,1-3H3,(H2,15,17). The molecule has 0 atom stereocenters. The highest BCUT2D eigenvalue weighted by Crippen LogP contribution is 2.21. The minimum Gasteiger partial charge on any atom is -0.444 e. The van der Waals surface area contributed by atoms with Crippen LogP contribution < -0.4 is 5.73 Å². The summed E-state index contributed by atoms with van der Waals surface area (Å²) >= 11 is 0. The van der Waals surface area contributed by atoms with Crippen LogP contribution in [0.1, 0.15) is 22.9 Å². The molecule has 5 heteroatoms. The number of fused-ring (bicyclic) bond motifs is 1. The molecule has 0 spiro atoms. The van der Waals surface area contributed by atoms with Crippen LogP contribution in [0, 0.1) is 20.8 Å². The number of anilines is 1. The van der Waals surface area contributed by atoms with Crippen molar-refractivity contribution in [2.75, 3.05) is 5.73 Å². The van der Waals surface area contributed by atoms with Gasteiger partial charge in [-0.2, -0.15) is 0 Å². The fraction of sp³-hybridized carbons (Fsp3) is 0.286. The van der Waals surface area contributed by atoms with Gasteiger partial charge in [0.15, 0.2) is 0 Å². The Morgan fingerprint density at radius 2 is 2.00 bits per heavy atom. The molecule has 1 aromatic carbocycles. The van der Waals surface area contributed by atoms with Crippen LogP contribution in [-0.2, 0) is 6.54 Å². The van der Waals surface area contributed by atoms with E-state index in [0.717, 1.165) is 22.5 Å². The predicted octanol–water partition coefficient (Wildman–Crippen LogP) is 2.58. The first-order valence-electron chi connectivity index (χ1n) is 6.20. The maximum absolute atomic E-state index is 5.98. The smallest absolute Gasteiger partial charge is 0.214 e. The van der Waals surface area contributed by atoms with E-state index >= 15 is 0 Å². The normalized spacial score (nSPS) is 11.3. The summed E-state index contributed by atoms with van der Waals surface area (Å²) in [6.45, 7) is 6.38. The van der Waals surface area contributed by atoms with Crippen LogP contribution >= 0.6 is 0 Å². The number of hydrogen-bond acceptors (Lipinski definition) is 4. The van der Waals surface area contributed by atoms with Gasteiger partial charge >= 0.3 is 0 Å². The Bertz CT molecular complexity index is 735. The van der Waals surface area contributed by atoms with E-state index < -0.39 is 0 Å². The summed E-state index contributed by atoms with van der Waals surface area (Å²) in [5.41, 5.74) is 9.95. The van der Waals surface area contributed by atoms with Gasteiger partial charge in [-0.25, -0.2) is 9.97 Å². The van der Waals surface area contributed by atoms with E-state index in [9.17, 15) is 0 Å². The third-order valence-corrected chi connectivity index (χ3v) is 3.30. The largest absolute Gasteiger partial charge is 0.444 e. The second-order valence-corrected chi connectivity index (χ2v) is 4.80. The van der Waals surface area contributed by atoms with Crippen LogP contribution in [0.3, 0.4) is 0 Å².